The lowest BCUT2D eigenvalue weighted by atomic mass is 9.82. The maximum absolute atomic E-state index is 15.4. The number of halogens is 2. The quantitative estimate of drug-likeness (QED) is 0.0464. The topological polar surface area (TPSA) is 329 Å². The number of nitrogens with one attached hydrogen (secondary N) is 5. The molecule has 1 aliphatic heterocycles. The number of hydrogen-bond acceptors (Lipinski definition) is 13. The number of carboxylic acids is 2. The summed E-state index contributed by atoms with van der Waals surface area (Å²) in [4.78, 5) is 147. The zero-order valence-electron chi connectivity index (χ0n) is 45.2. The second-order valence-corrected chi connectivity index (χ2v) is 20.0. The van der Waals surface area contributed by atoms with Gasteiger partial charge in [0, 0.05) is 81.2 Å². The van der Waals surface area contributed by atoms with Gasteiger partial charge >= 0.3 is 17.9 Å². The highest BCUT2D eigenvalue weighted by molar-refractivity contribution is 6.01. The number of carbonyl (C=O) groups is 11. The fourth-order valence-corrected chi connectivity index (χ4v) is 8.44. The molecule has 1 saturated heterocycles. The van der Waals surface area contributed by atoms with Gasteiger partial charge in [0.05, 0.1) is 6.04 Å². The van der Waals surface area contributed by atoms with E-state index in [4.69, 9.17) is 11.4 Å². The lowest BCUT2D eigenvalue weighted by Gasteiger charge is -2.41. The second-order valence-electron chi connectivity index (χ2n) is 20.0. The number of carbonyl (C=O) groups excluding carboxylic acids is 9. The number of imide groups is 1. The Balaban J connectivity index is 1.62. The molecule has 1 fully saturated rings. The number of hydrogen-bond donors (Lipinski definition) is 8. The van der Waals surface area contributed by atoms with Crippen LogP contribution >= 0.6 is 0 Å². The molecule has 4 rings (SSSR count). The van der Waals surface area contributed by atoms with Crippen LogP contribution in [0, 0.1) is 23.0 Å². The Morgan fingerprint density at radius 3 is 2.04 bits per heavy atom. The predicted molar refractivity (Wildman–Crippen MR) is 272 cm³/mol. The van der Waals surface area contributed by atoms with Gasteiger partial charge in [-0.25, -0.2) is 18.4 Å². The van der Waals surface area contributed by atoms with Gasteiger partial charge in [-0.1, -0.05) is 65.0 Å². The number of aliphatic hydroxyl groups is 1. The molecule has 1 aromatic heterocycles. The number of hydroxylamine groups is 2. The SMILES string of the molecule is [2H]N(CCC(=O)N[C@@H](CCC(=O)O)C(=O)O)C(=O)[C@H](CCN(C(=O)CO)[C@@H](c1cc(-c2cc(F)ccc2F)cn1Cc1ccccc1)C(C)(C)C)NC(=O)[C@H](C)NC(=O)[C@@H](NC(=O)CCCC(=O)ON1C(=O)CCC1=O)C(C)C. The molecule has 25 heteroatoms. The highest BCUT2D eigenvalue weighted by Gasteiger charge is 2.39. The number of amides is 8. The van der Waals surface area contributed by atoms with Crippen molar-refractivity contribution in [3.8, 4) is 11.1 Å². The van der Waals surface area contributed by atoms with Gasteiger partial charge in [-0.05, 0) is 67.3 Å². The van der Waals surface area contributed by atoms with Gasteiger partial charge in [0.25, 0.3) is 11.8 Å². The molecule has 424 valence electrons. The van der Waals surface area contributed by atoms with Crippen molar-refractivity contribution in [2.24, 2.45) is 11.3 Å². The molecule has 3 aromatic rings. The summed E-state index contributed by atoms with van der Waals surface area (Å²) in [5, 5.41) is 39.3. The molecule has 0 aliphatic carbocycles. The van der Waals surface area contributed by atoms with Crippen molar-refractivity contribution in [3.05, 3.63) is 83.7 Å². The van der Waals surface area contributed by atoms with Gasteiger partial charge in [0.15, 0.2) is 1.41 Å². The van der Waals surface area contributed by atoms with E-state index in [0.717, 1.165) is 23.8 Å². The second kappa shape index (κ2) is 28.9. The Bertz CT molecular complexity index is 2720. The third-order valence-electron chi connectivity index (χ3n) is 12.4. The maximum Gasteiger partial charge on any atom is 0.333 e. The number of aromatic nitrogens is 1. The summed E-state index contributed by atoms with van der Waals surface area (Å²) >= 11 is 0. The molecule has 2 heterocycles. The molecule has 0 radical (unpaired) electrons. The van der Waals surface area contributed by atoms with Gasteiger partial charge in [0.1, 0.15) is 42.4 Å². The molecule has 23 nitrogen and oxygen atoms in total. The minimum Gasteiger partial charge on any atom is -0.481 e. The fourth-order valence-electron chi connectivity index (χ4n) is 8.44. The third kappa shape index (κ3) is 18.6. The first kappa shape index (κ1) is 60.8. The number of nitrogens with zero attached hydrogens (tertiary/aromatic N) is 3. The predicted octanol–water partition coefficient (Wildman–Crippen LogP) is 2.63. The van der Waals surface area contributed by atoms with Crippen molar-refractivity contribution < 1.29 is 83.1 Å². The molecule has 0 bridgehead atoms. The smallest absolute Gasteiger partial charge is 0.333 e. The van der Waals surface area contributed by atoms with Crippen LogP contribution in [0.1, 0.15) is 117 Å². The fraction of sp³-hybridized carbons (Fsp3) is 0.491. The Labute approximate surface area is 450 Å². The molecule has 2 aromatic carbocycles. The standard InChI is InChI=1S/C53H68F2N8O15/c1-30(2)47(60-40(65)13-10-14-46(72)78-63-42(67)18-19-43(63)68)51(75)57-31(3)49(73)59-37(50(74)56-23-21-41(66)58-38(52(76)77)17-20-45(70)71)22-24-62(44(69)29-64)48(53(4,5)6)39-25-33(35-26-34(54)15-16-36(35)55)28-61(39)27-32-11-8-7-9-12-32/h7-9,11-12,15-16,25-26,28,30-31,37-38,47-48,64H,10,13-14,17-24,27,29H2,1-6H3,(H,56,74)(H,57,75)(H,58,66)(H,59,73)(H,60,65)(H,70,71)(H,76,77)/t31-,37-,38-,47-,48-/m0/s1/i/hD. The first-order valence-electron chi connectivity index (χ1n) is 25.7. The van der Waals surface area contributed by atoms with Crippen molar-refractivity contribution in [1.82, 2.24) is 41.1 Å². The zero-order valence-corrected chi connectivity index (χ0v) is 44.2. The molecular weight excluding hydrogens is 1030 g/mol. The number of benzene rings is 2. The molecule has 0 unspecified atom stereocenters. The Kier molecular flexibility index (Phi) is 22.5. The van der Waals surface area contributed by atoms with Gasteiger partial charge in [-0.2, -0.15) is 0 Å². The number of carboxylic acid groups (broad SMARTS) is 2. The van der Waals surface area contributed by atoms with Crippen LogP contribution < -0.4 is 26.6 Å². The molecule has 8 N–H and O–H groups in total. The average Bonchev–Trinajstić information content (AvgIpc) is 4.03. The molecular formula is C53H68F2N8O15. The van der Waals surface area contributed by atoms with E-state index >= 15 is 4.39 Å². The van der Waals surface area contributed by atoms with Crippen LogP contribution in [0.5, 0.6) is 0 Å². The van der Waals surface area contributed by atoms with E-state index in [-0.39, 0.29) is 49.8 Å². The van der Waals surface area contributed by atoms with Crippen LogP contribution in [0.15, 0.2) is 60.8 Å². The van der Waals surface area contributed by atoms with E-state index in [9.17, 15) is 67.3 Å². The summed E-state index contributed by atoms with van der Waals surface area (Å²) in [6.45, 7) is 7.72. The summed E-state index contributed by atoms with van der Waals surface area (Å²) in [7, 11) is 0. The van der Waals surface area contributed by atoms with E-state index in [1.54, 1.807) is 69.6 Å². The summed E-state index contributed by atoms with van der Waals surface area (Å²) < 4.78 is 40.4. The molecule has 0 saturated carbocycles. The minimum atomic E-state index is -1.73. The van der Waals surface area contributed by atoms with Gasteiger partial charge < -0.3 is 56.2 Å². The number of aliphatic hydroxyl groups excluding tert-OH is 1. The van der Waals surface area contributed by atoms with E-state index in [0.29, 0.717) is 16.1 Å². The van der Waals surface area contributed by atoms with E-state index in [2.05, 4.69) is 21.3 Å². The highest BCUT2D eigenvalue weighted by atomic mass is 19.1. The minimum absolute atomic E-state index is 0.0897. The van der Waals surface area contributed by atoms with E-state index in [1.165, 1.54) is 11.8 Å². The van der Waals surface area contributed by atoms with Crippen LogP contribution in [0.25, 0.3) is 11.1 Å². The average molecular weight is 1100 g/mol. The van der Waals surface area contributed by atoms with Gasteiger partial charge in [0.2, 0.25) is 35.4 Å². The Hall–Kier alpha value is -8.09. The third-order valence-corrected chi connectivity index (χ3v) is 12.4. The molecule has 0 spiro atoms. The van der Waals surface area contributed by atoms with Crippen LogP contribution in [0.3, 0.4) is 0 Å². The van der Waals surface area contributed by atoms with E-state index < -0.39 is 164 Å². The lowest BCUT2D eigenvalue weighted by molar-refractivity contribution is -0.197. The summed E-state index contributed by atoms with van der Waals surface area (Å²) in [6.07, 6.45) is -1.60. The van der Waals surface area contributed by atoms with Crippen molar-refractivity contribution in [1.29, 1.82) is 0 Å². The first-order valence-corrected chi connectivity index (χ1v) is 25.2. The van der Waals surface area contributed by atoms with Gasteiger partial charge in [-0.3, -0.25) is 43.2 Å². The molecule has 5 atom stereocenters. The zero-order chi connectivity index (χ0) is 58.9. The number of aliphatic carboxylic acids is 2. The van der Waals surface area contributed by atoms with Gasteiger partial charge in [-0.15, -0.1) is 5.06 Å². The summed E-state index contributed by atoms with van der Waals surface area (Å²) in [5.41, 5.74) is 0.385. The first-order chi connectivity index (χ1) is 37.1. The molecule has 8 amide bonds. The summed E-state index contributed by atoms with van der Waals surface area (Å²) in [6, 6.07) is 6.49. The lowest BCUT2D eigenvalue weighted by Crippen LogP contribution is -2.57. The largest absolute Gasteiger partial charge is 0.481 e. The van der Waals surface area contributed by atoms with Crippen LogP contribution in [0.2, 0.25) is 1.41 Å². The Morgan fingerprint density at radius 2 is 1.44 bits per heavy atom. The van der Waals surface area contributed by atoms with Crippen molar-refractivity contribution in [2.45, 2.75) is 136 Å². The highest BCUT2D eigenvalue weighted by Crippen LogP contribution is 2.41. The van der Waals surface area contributed by atoms with Crippen LogP contribution in [-0.4, -0.2) is 139 Å². The van der Waals surface area contributed by atoms with Crippen molar-refractivity contribution in [2.75, 3.05) is 19.7 Å². The maximum atomic E-state index is 15.4. The molecule has 78 heavy (non-hydrogen) atoms. The monoisotopic (exact) mass is 1100 g/mol. The van der Waals surface area contributed by atoms with Crippen LogP contribution in [-0.2, 0) is 64.1 Å². The Morgan fingerprint density at radius 1 is 0.782 bits per heavy atom. The van der Waals surface area contributed by atoms with Crippen LogP contribution in [0.4, 0.5) is 8.78 Å². The number of rotatable bonds is 29. The van der Waals surface area contributed by atoms with Crippen molar-refractivity contribution >= 4 is 65.2 Å². The normalized spacial score (nSPS) is 14.5. The summed E-state index contributed by atoms with van der Waals surface area (Å²) in [5.74, 6) is -12.7. The van der Waals surface area contributed by atoms with E-state index in [1.807, 2.05) is 12.1 Å². The van der Waals surface area contributed by atoms with Crippen molar-refractivity contribution in [3.63, 3.8) is 0 Å². The molecule has 1 aliphatic rings.